The summed E-state index contributed by atoms with van der Waals surface area (Å²) in [6, 6.07) is 0.0177. The summed E-state index contributed by atoms with van der Waals surface area (Å²) in [5.41, 5.74) is 6.86. The molecule has 5 heteroatoms. The minimum Gasteiger partial charge on any atom is -0.324 e. The third-order valence-corrected chi connectivity index (χ3v) is 3.98. The van der Waals surface area contributed by atoms with E-state index < -0.39 is 0 Å². The van der Waals surface area contributed by atoms with Crippen molar-refractivity contribution in [2.45, 2.75) is 31.2 Å². The van der Waals surface area contributed by atoms with Crippen LogP contribution < -0.4 is 11.1 Å². The summed E-state index contributed by atoms with van der Waals surface area (Å²) < 4.78 is 0. The smallest absolute Gasteiger partial charge is 0.233 e. The third-order valence-electron chi connectivity index (χ3n) is 3.20. The molecule has 3 rings (SSSR count). The molecule has 0 radical (unpaired) electrons. The highest BCUT2D eigenvalue weighted by molar-refractivity contribution is 7.13. The molecule has 0 spiro atoms. The number of carbonyl (C=O) groups excluding carboxylic acids is 1. The quantitative estimate of drug-likeness (QED) is 0.803. The molecule has 0 aromatic carbocycles. The van der Waals surface area contributed by atoms with Crippen LogP contribution in [0.4, 0.5) is 5.13 Å². The molecule has 4 nitrogen and oxygen atoms in total. The largest absolute Gasteiger partial charge is 0.324 e. The highest BCUT2D eigenvalue weighted by atomic mass is 32.1. The first kappa shape index (κ1) is 10.9. The maximum absolute atomic E-state index is 11.9. The predicted molar refractivity (Wildman–Crippen MR) is 67.9 cm³/mol. The second kappa shape index (κ2) is 4.23. The van der Waals surface area contributed by atoms with E-state index in [9.17, 15) is 4.79 Å². The number of thiazole rings is 1. The Hall–Kier alpha value is -1.20. The second-order valence-electron chi connectivity index (χ2n) is 4.73. The van der Waals surface area contributed by atoms with Crippen molar-refractivity contribution in [3.63, 3.8) is 0 Å². The SMILES string of the molecule is NC1C=CC(C(=O)Nc2nc(C3CC3)cs2)C1. The van der Waals surface area contributed by atoms with Gasteiger partial charge in [-0.05, 0) is 19.3 Å². The van der Waals surface area contributed by atoms with E-state index >= 15 is 0 Å². The maximum atomic E-state index is 11.9. The molecule has 17 heavy (non-hydrogen) atoms. The fourth-order valence-electron chi connectivity index (χ4n) is 2.03. The van der Waals surface area contributed by atoms with E-state index in [0.29, 0.717) is 17.5 Å². The Morgan fingerprint density at radius 2 is 2.29 bits per heavy atom. The average molecular weight is 249 g/mol. The molecule has 0 bridgehead atoms. The topological polar surface area (TPSA) is 68.0 Å². The number of nitrogens with zero attached hydrogens (tertiary/aromatic N) is 1. The predicted octanol–water partition coefficient (Wildman–Crippen LogP) is 1.86. The summed E-state index contributed by atoms with van der Waals surface area (Å²) >= 11 is 1.51. The van der Waals surface area contributed by atoms with Crippen molar-refractivity contribution in [3.8, 4) is 0 Å². The van der Waals surface area contributed by atoms with E-state index in [2.05, 4.69) is 10.3 Å². The lowest BCUT2D eigenvalue weighted by Crippen LogP contribution is -2.23. The van der Waals surface area contributed by atoms with E-state index in [1.165, 1.54) is 24.2 Å². The van der Waals surface area contributed by atoms with E-state index in [1.54, 1.807) is 0 Å². The van der Waals surface area contributed by atoms with Crippen LogP contribution in [0.1, 0.15) is 30.9 Å². The van der Waals surface area contributed by atoms with Crippen molar-refractivity contribution < 1.29 is 4.79 Å². The van der Waals surface area contributed by atoms with Gasteiger partial charge in [-0.25, -0.2) is 4.98 Å². The highest BCUT2D eigenvalue weighted by Crippen LogP contribution is 2.40. The minimum atomic E-state index is -0.0988. The molecule has 2 atom stereocenters. The number of amides is 1. The van der Waals surface area contributed by atoms with Crippen LogP contribution >= 0.6 is 11.3 Å². The first-order valence-corrected chi connectivity index (χ1v) is 6.80. The standard InChI is InChI=1S/C12H15N3OS/c13-9-4-3-8(5-9)11(16)15-12-14-10(6-17-12)7-1-2-7/h3-4,6-9H,1-2,5,13H2,(H,14,15,16). The number of nitrogens with one attached hydrogen (secondary N) is 1. The Kier molecular flexibility index (Phi) is 2.72. The summed E-state index contributed by atoms with van der Waals surface area (Å²) in [6.07, 6.45) is 6.94. The summed E-state index contributed by atoms with van der Waals surface area (Å²) in [7, 11) is 0. The molecule has 1 amide bonds. The van der Waals surface area contributed by atoms with E-state index in [-0.39, 0.29) is 17.9 Å². The Morgan fingerprint density at radius 1 is 1.47 bits per heavy atom. The lowest BCUT2D eigenvalue weighted by Gasteiger charge is -2.07. The van der Waals surface area contributed by atoms with Crippen molar-refractivity contribution in [2.24, 2.45) is 11.7 Å². The van der Waals surface area contributed by atoms with Gasteiger partial charge in [0.05, 0.1) is 11.6 Å². The van der Waals surface area contributed by atoms with Crippen LogP contribution in [-0.2, 0) is 4.79 Å². The number of hydrogen-bond acceptors (Lipinski definition) is 4. The van der Waals surface area contributed by atoms with E-state index in [4.69, 9.17) is 5.73 Å². The Morgan fingerprint density at radius 3 is 2.94 bits per heavy atom. The number of nitrogens with two attached hydrogens (primary N) is 1. The summed E-state index contributed by atoms with van der Waals surface area (Å²) in [4.78, 5) is 16.3. The van der Waals surface area contributed by atoms with Gasteiger partial charge in [0.1, 0.15) is 0 Å². The van der Waals surface area contributed by atoms with Crippen molar-refractivity contribution in [1.82, 2.24) is 4.98 Å². The molecule has 3 N–H and O–H groups in total. The number of carbonyl (C=O) groups is 1. The molecule has 1 heterocycles. The fourth-order valence-corrected chi connectivity index (χ4v) is 2.83. The first-order chi connectivity index (χ1) is 8.22. The number of rotatable bonds is 3. The highest BCUT2D eigenvalue weighted by Gasteiger charge is 2.27. The Labute approximate surface area is 104 Å². The third kappa shape index (κ3) is 2.40. The van der Waals surface area contributed by atoms with Gasteiger partial charge in [-0.15, -0.1) is 11.3 Å². The molecule has 1 aromatic heterocycles. The van der Waals surface area contributed by atoms with Crippen LogP contribution in [0.5, 0.6) is 0 Å². The number of anilines is 1. The zero-order valence-corrected chi connectivity index (χ0v) is 10.2. The monoisotopic (exact) mass is 249 g/mol. The molecule has 2 aliphatic rings. The van der Waals surface area contributed by atoms with Crippen molar-refractivity contribution in [2.75, 3.05) is 5.32 Å². The van der Waals surface area contributed by atoms with Crippen LogP contribution in [0.2, 0.25) is 0 Å². The van der Waals surface area contributed by atoms with E-state index in [0.717, 1.165) is 5.69 Å². The Balaban J connectivity index is 1.61. The van der Waals surface area contributed by atoms with Gasteiger partial charge in [0.15, 0.2) is 5.13 Å². The van der Waals surface area contributed by atoms with Gasteiger partial charge in [0.25, 0.3) is 0 Å². The molecule has 0 saturated heterocycles. The number of aromatic nitrogens is 1. The van der Waals surface area contributed by atoms with Gasteiger partial charge < -0.3 is 11.1 Å². The van der Waals surface area contributed by atoms with Crippen molar-refractivity contribution >= 4 is 22.4 Å². The lowest BCUT2D eigenvalue weighted by atomic mass is 10.1. The molecule has 1 saturated carbocycles. The molecular weight excluding hydrogens is 234 g/mol. The molecule has 1 aromatic rings. The fraction of sp³-hybridized carbons (Fsp3) is 0.500. The summed E-state index contributed by atoms with van der Waals surface area (Å²) in [5, 5.41) is 5.63. The molecule has 1 fully saturated rings. The molecule has 2 aliphatic carbocycles. The van der Waals surface area contributed by atoms with Gasteiger partial charge in [0, 0.05) is 17.3 Å². The second-order valence-corrected chi connectivity index (χ2v) is 5.59. The van der Waals surface area contributed by atoms with Gasteiger partial charge in [-0.3, -0.25) is 4.79 Å². The zero-order chi connectivity index (χ0) is 11.8. The minimum absolute atomic E-state index is 0.00546. The van der Waals surface area contributed by atoms with Gasteiger partial charge >= 0.3 is 0 Å². The molecular formula is C12H15N3OS. The molecule has 0 aliphatic heterocycles. The Bertz CT molecular complexity index is 464. The van der Waals surface area contributed by atoms with Crippen LogP contribution in [0.3, 0.4) is 0 Å². The van der Waals surface area contributed by atoms with Crippen LogP contribution in [0, 0.1) is 5.92 Å². The lowest BCUT2D eigenvalue weighted by molar-refractivity contribution is -0.118. The van der Waals surface area contributed by atoms with Gasteiger partial charge in [-0.1, -0.05) is 12.2 Å². The van der Waals surface area contributed by atoms with E-state index in [1.807, 2.05) is 17.5 Å². The normalized spacial score (nSPS) is 27.4. The average Bonchev–Trinajstić information content (AvgIpc) is 2.90. The first-order valence-electron chi connectivity index (χ1n) is 5.92. The molecule has 2 unspecified atom stereocenters. The van der Waals surface area contributed by atoms with Gasteiger partial charge in [0.2, 0.25) is 5.91 Å². The summed E-state index contributed by atoms with van der Waals surface area (Å²) in [5.74, 6) is 0.542. The van der Waals surface area contributed by atoms with Crippen molar-refractivity contribution in [3.05, 3.63) is 23.2 Å². The zero-order valence-electron chi connectivity index (χ0n) is 9.43. The van der Waals surface area contributed by atoms with Crippen LogP contribution in [0.15, 0.2) is 17.5 Å². The summed E-state index contributed by atoms with van der Waals surface area (Å²) in [6.45, 7) is 0. The maximum Gasteiger partial charge on any atom is 0.233 e. The molecule has 90 valence electrons. The number of hydrogen-bond donors (Lipinski definition) is 2. The van der Waals surface area contributed by atoms with Crippen LogP contribution in [-0.4, -0.2) is 16.9 Å². The van der Waals surface area contributed by atoms with Crippen LogP contribution in [0.25, 0.3) is 0 Å². The van der Waals surface area contributed by atoms with Crippen molar-refractivity contribution in [1.29, 1.82) is 0 Å². The van der Waals surface area contributed by atoms with Gasteiger partial charge in [-0.2, -0.15) is 0 Å².